The van der Waals surface area contributed by atoms with Gasteiger partial charge in [-0.3, -0.25) is 14.2 Å². The van der Waals surface area contributed by atoms with Crippen molar-refractivity contribution in [1.82, 2.24) is 5.32 Å². The van der Waals surface area contributed by atoms with Crippen LogP contribution in [0.3, 0.4) is 0 Å². The smallest absolute Gasteiger partial charge is 0.306 e. The Balaban J connectivity index is 4.94. The van der Waals surface area contributed by atoms with Crippen molar-refractivity contribution in [3.05, 3.63) is 48.6 Å². The predicted molar refractivity (Wildman–Crippen MR) is 395 cm³/mol. The fourth-order valence-corrected chi connectivity index (χ4v) is 12.8. The van der Waals surface area contributed by atoms with Crippen LogP contribution in [0.2, 0.25) is 0 Å². The molecule has 0 aliphatic carbocycles. The Morgan fingerprint density at radius 2 is 0.670 bits per heavy atom. The van der Waals surface area contributed by atoms with Gasteiger partial charge in [-0.2, -0.15) is 0 Å². The number of carbonyl (C=O) groups excluding carboxylic acids is 2. The highest BCUT2D eigenvalue weighted by Crippen LogP contribution is 2.38. The number of ether oxygens (including phenoxy) is 1. The van der Waals surface area contributed by atoms with E-state index in [1.807, 2.05) is 33.3 Å². The average molecular weight is 1300 g/mol. The van der Waals surface area contributed by atoms with Crippen LogP contribution in [0, 0.1) is 0 Å². The highest BCUT2D eigenvalue weighted by Gasteiger charge is 2.27. The molecular formula is C81H155N2O7P. The fourth-order valence-electron chi connectivity index (χ4n) is 12.1. The van der Waals surface area contributed by atoms with Crippen molar-refractivity contribution in [3.8, 4) is 0 Å². The third-order valence-electron chi connectivity index (χ3n) is 18.3. The molecule has 0 aromatic carbocycles. The molecule has 0 aliphatic rings. The lowest BCUT2D eigenvalue weighted by molar-refractivity contribution is -0.870. The SMILES string of the molecule is CCCCC/C=C\C/C=C\C/C=C\CCCCCCCCCCCCCCCCC(=O)NC(COP(=O)([O-])OCC[N+](C)(C)C)C(/C=C/CCCCCCCCCCCCC)OC(=O)CCCCCCCCCCCCCCCCCCCCCCCCCCC. The van der Waals surface area contributed by atoms with Gasteiger partial charge in [0.25, 0.3) is 7.82 Å². The maximum absolute atomic E-state index is 13.7. The van der Waals surface area contributed by atoms with Gasteiger partial charge in [-0.1, -0.05) is 372 Å². The molecule has 536 valence electrons. The predicted octanol–water partition coefficient (Wildman–Crippen LogP) is 25.3. The second-order valence-electron chi connectivity index (χ2n) is 28.6. The Bertz CT molecular complexity index is 1690. The van der Waals surface area contributed by atoms with Gasteiger partial charge < -0.3 is 28.5 Å². The van der Waals surface area contributed by atoms with Gasteiger partial charge in [0.15, 0.2) is 0 Å². The zero-order valence-electron chi connectivity index (χ0n) is 61.6. The first kappa shape index (κ1) is 89.0. The van der Waals surface area contributed by atoms with E-state index in [1.54, 1.807) is 0 Å². The molecule has 0 radical (unpaired) electrons. The van der Waals surface area contributed by atoms with Crippen molar-refractivity contribution in [2.45, 2.75) is 418 Å². The van der Waals surface area contributed by atoms with Crippen molar-refractivity contribution in [2.24, 2.45) is 0 Å². The van der Waals surface area contributed by atoms with Gasteiger partial charge in [-0.25, -0.2) is 0 Å². The highest BCUT2D eigenvalue weighted by molar-refractivity contribution is 7.45. The van der Waals surface area contributed by atoms with E-state index in [2.05, 4.69) is 62.5 Å². The topological polar surface area (TPSA) is 114 Å². The standard InChI is InChI=1S/C81H155N2O7P/c1-7-10-13-16-19-22-25-28-30-32-34-36-38-40-41-43-44-46-48-50-52-55-58-61-64-67-70-73-80(84)82-78(77-89-91(86,87)88-76-75-83(4,5)6)79(72-69-66-63-60-57-54-27-24-21-18-15-12-9-3)90-81(85)74-71-68-65-62-59-56-53-51-49-47-45-42-39-37-35-33-31-29-26-23-20-17-14-11-8-2/h19,22,28,30,34,36,69,72,78-79H,7-18,20-21,23-27,29,31-33,35,37-68,70-71,73-77H2,1-6H3,(H-,82,84,86,87)/b22-19-,30-28-,36-34-,72-69+. The van der Waals surface area contributed by atoms with Gasteiger partial charge in [-0.15, -0.1) is 0 Å². The molecule has 3 unspecified atom stereocenters. The molecule has 0 heterocycles. The number of nitrogens with zero attached hydrogens (tertiary/aromatic N) is 1. The second-order valence-corrected chi connectivity index (χ2v) is 30.0. The number of phosphoric ester groups is 1. The van der Waals surface area contributed by atoms with Crippen molar-refractivity contribution in [2.75, 3.05) is 40.9 Å². The number of nitrogens with one attached hydrogen (secondary N) is 1. The molecular weight excluding hydrogens is 1140 g/mol. The van der Waals surface area contributed by atoms with E-state index in [-0.39, 0.29) is 31.5 Å². The minimum absolute atomic E-state index is 0.0198. The summed E-state index contributed by atoms with van der Waals surface area (Å²) in [5, 5.41) is 3.06. The Hall–Kier alpha value is -2.03. The molecule has 0 aliphatic heterocycles. The van der Waals surface area contributed by atoms with Crippen LogP contribution in [0.15, 0.2) is 48.6 Å². The normalized spacial score (nSPS) is 13.6. The van der Waals surface area contributed by atoms with Crippen LogP contribution in [0.1, 0.15) is 406 Å². The molecule has 3 atom stereocenters. The van der Waals surface area contributed by atoms with Crippen molar-refractivity contribution < 1.29 is 37.3 Å². The van der Waals surface area contributed by atoms with E-state index in [0.717, 1.165) is 70.6 Å². The van der Waals surface area contributed by atoms with Crippen molar-refractivity contribution in [1.29, 1.82) is 0 Å². The maximum Gasteiger partial charge on any atom is 0.306 e. The first-order valence-electron chi connectivity index (χ1n) is 39.9. The fraction of sp³-hybridized carbons (Fsp3) is 0.877. The molecule has 0 saturated heterocycles. The third kappa shape index (κ3) is 72.1. The number of hydrogen-bond donors (Lipinski definition) is 1. The number of phosphoric acid groups is 1. The number of rotatable bonds is 74. The zero-order valence-corrected chi connectivity index (χ0v) is 62.5. The van der Waals surface area contributed by atoms with E-state index < -0.39 is 20.0 Å². The molecule has 0 spiro atoms. The molecule has 0 fully saturated rings. The molecule has 91 heavy (non-hydrogen) atoms. The average Bonchev–Trinajstić information content (AvgIpc) is 3.45. The lowest BCUT2D eigenvalue weighted by atomic mass is 10.0. The van der Waals surface area contributed by atoms with E-state index in [4.69, 9.17) is 13.8 Å². The molecule has 9 nitrogen and oxygen atoms in total. The number of carbonyl (C=O) groups is 2. The van der Waals surface area contributed by atoms with Crippen LogP contribution in [-0.2, 0) is 27.9 Å². The summed E-state index contributed by atoms with van der Waals surface area (Å²) in [5.41, 5.74) is 0. The molecule has 0 saturated carbocycles. The second kappa shape index (κ2) is 70.8. The third-order valence-corrected chi connectivity index (χ3v) is 19.2. The largest absolute Gasteiger partial charge is 0.756 e. The maximum atomic E-state index is 13.7. The Morgan fingerprint density at radius 3 is 1.02 bits per heavy atom. The van der Waals surface area contributed by atoms with Crippen LogP contribution < -0.4 is 10.2 Å². The summed E-state index contributed by atoms with van der Waals surface area (Å²) in [5.74, 6) is -0.518. The van der Waals surface area contributed by atoms with E-state index in [9.17, 15) is 19.0 Å². The van der Waals surface area contributed by atoms with Gasteiger partial charge in [-0.05, 0) is 70.3 Å². The Labute approximate surface area is 567 Å². The number of amides is 1. The summed E-state index contributed by atoms with van der Waals surface area (Å²) in [6, 6.07) is -0.888. The molecule has 10 heteroatoms. The number of esters is 1. The Morgan fingerprint density at radius 1 is 0.385 bits per heavy atom. The molecule has 0 aromatic rings. The monoisotopic (exact) mass is 1300 g/mol. The summed E-state index contributed by atoms with van der Waals surface area (Å²) in [6.45, 7) is 6.89. The van der Waals surface area contributed by atoms with Gasteiger partial charge in [0.05, 0.1) is 33.8 Å². The molecule has 1 amide bonds. The number of hydrogen-bond acceptors (Lipinski definition) is 7. The van der Waals surface area contributed by atoms with Crippen LogP contribution >= 0.6 is 7.82 Å². The Kier molecular flexibility index (Phi) is 69.2. The van der Waals surface area contributed by atoms with Crippen LogP contribution in [0.4, 0.5) is 0 Å². The van der Waals surface area contributed by atoms with Crippen LogP contribution in [0.5, 0.6) is 0 Å². The highest BCUT2D eigenvalue weighted by atomic mass is 31.2. The zero-order chi connectivity index (χ0) is 66.3. The van der Waals surface area contributed by atoms with Crippen molar-refractivity contribution >= 4 is 19.7 Å². The summed E-state index contributed by atoms with van der Waals surface area (Å²) >= 11 is 0. The van der Waals surface area contributed by atoms with E-state index >= 15 is 0 Å². The van der Waals surface area contributed by atoms with Crippen molar-refractivity contribution in [3.63, 3.8) is 0 Å². The molecule has 0 rings (SSSR count). The minimum atomic E-state index is -4.71. The number of quaternary nitrogens is 1. The minimum Gasteiger partial charge on any atom is -0.756 e. The summed E-state index contributed by atoms with van der Waals surface area (Å²) in [6.07, 6.45) is 91.1. The van der Waals surface area contributed by atoms with Crippen LogP contribution in [-0.4, -0.2) is 69.4 Å². The van der Waals surface area contributed by atoms with Gasteiger partial charge in [0, 0.05) is 12.8 Å². The van der Waals surface area contributed by atoms with Crippen LogP contribution in [0.25, 0.3) is 0 Å². The quantitative estimate of drug-likeness (QED) is 0.0212. The number of likely N-dealkylation sites (N-methyl/N-ethyl adjacent to an activating group) is 1. The lowest BCUT2D eigenvalue weighted by Gasteiger charge is -2.30. The number of unbranched alkanes of at least 4 members (excludes halogenated alkanes) is 52. The first-order valence-corrected chi connectivity index (χ1v) is 41.4. The summed E-state index contributed by atoms with van der Waals surface area (Å²) < 4.78 is 30.6. The van der Waals surface area contributed by atoms with Gasteiger partial charge in [0.2, 0.25) is 5.91 Å². The summed E-state index contributed by atoms with van der Waals surface area (Å²) in [4.78, 5) is 40.4. The first-order chi connectivity index (χ1) is 44.4. The van der Waals surface area contributed by atoms with E-state index in [0.29, 0.717) is 17.4 Å². The molecule has 1 N–H and O–H groups in total. The lowest BCUT2D eigenvalue weighted by Crippen LogP contribution is -2.47. The van der Waals surface area contributed by atoms with Gasteiger partial charge in [0.1, 0.15) is 19.3 Å². The summed E-state index contributed by atoms with van der Waals surface area (Å²) in [7, 11) is 1.20. The number of allylic oxidation sites excluding steroid dienone is 7. The molecule has 0 aromatic heterocycles. The molecule has 0 bridgehead atoms. The van der Waals surface area contributed by atoms with E-state index in [1.165, 1.54) is 302 Å². The van der Waals surface area contributed by atoms with Gasteiger partial charge >= 0.3 is 5.97 Å².